The molecule has 3 heterocycles. The number of Topliss-reactive ketones (excluding diaryl/α,β-unsaturated/α-hetero) is 1. The molecule has 2 fully saturated rings. The van der Waals surface area contributed by atoms with E-state index < -0.39 is 0 Å². The van der Waals surface area contributed by atoms with Crippen LogP contribution in [0.1, 0.15) is 18.4 Å². The highest BCUT2D eigenvalue weighted by Gasteiger charge is 2.35. The second-order valence-electron chi connectivity index (χ2n) is 5.28. The van der Waals surface area contributed by atoms with Gasteiger partial charge in [0, 0.05) is 32.3 Å². The number of rotatable bonds is 3. The van der Waals surface area contributed by atoms with Crippen molar-refractivity contribution in [2.75, 3.05) is 19.7 Å². The molecule has 98 valence electrons. The molecule has 0 saturated carbocycles. The summed E-state index contributed by atoms with van der Waals surface area (Å²) in [6, 6.07) is 0.549. The van der Waals surface area contributed by atoms with Gasteiger partial charge in [0.05, 0.1) is 12.8 Å². The quantitative estimate of drug-likeness (QED) is 0.778. The van der Waals surface area contributed by atoms with Crippen LogP contribution in [-0.2, 0) is 23.0 Å². The molecule has 1 aromatic rings. The summed E-state index contributed by atoms with van der Waals surface area (Å²) in [6.07, 6.45) is 6.26. The van der Waals surface area contributed by atoms with Gasteiger partial charge in [0.15, 0.2) is 5.78 Å². The monoisotopic (exact) mass is 249 g/mol. The smallest absolute Gasteiger partial charge is 0.167 e. The van der Waals surface area contributed by atoms with Crippen LogP contribution in [0.3, 0.4) is 0 Å². The minimum atomic E-state index is -0.250. The van der Waals surface area contributed by atoms with Gasteiger partial charge in [-0.25, -0.2) is 0 Å². The van der Waals surface area contributed by atoms with E-state index in [1.54, 1.807) is 10.9 Å². The molecular weight excluding hydrogens is 230 g/mol. The van der Waals surface area contributed by atoms with E-state index >= 15 is 0 Å². The maximum absolute atomic E-state index is 12.2. The van der Waals surface area contributed by atoms with E-state index in [-0.39, 0.29) is 11.9 Å². The minimum absolute atomic E-state index is 0.174. The lowest BCUT2D eigenvalue weighted by molar-refractivity contribution is -0.137. The van der Waals surface area contributed by atoms with Crippen molar-refractivity contribution in [3.63, 3.8) is 0 Å². The van der Waals surface area contributed by atoms with Gasteiger partial charge in [-0.15, -0.1) is 0 Å². The fraction of sp³-hybridized carbons (Fsp3) is 0.692. The maximum Gasteiger partial charge on any atom is 0.167 e. The number of hydrogen-bond acceptors (Lipinski definition) is 4. The van der Waals surface area contributed by atoms with E-state index in [2.05, 4.69) is 10.00 Å². The first-order valence-electron chi connectivity index (χ1n) is 6.58. The number of carbonyl (C=O) groups excluding carboxylic acids is 1. The van der Waals surface area contributed by atoms with Gasteiger partial charge in [-0.3, -0.25) is 14.4 Å². The Bertz CT molecular complexity index is 443. The number of nitrogens with zero attached hydrogens (tertiary/aromatic N) is 3. The highest BCUT2D eigenvalue weighted by atomic mass is 16.5. The van der Waals surface area contributed by atoms with Crippen molar-refractivity contribution in [3.05, 3.63) is 18.0 Å². The van der Waals surface area contributed by atoms with Crippen LogP contribution in [0.4, 0.5) is 0 Å². The number of carbonyl (C=O) groups is 1. The van der Waals surface area contributed by atoms with Crippen molar-refractivity contribution in [2.45, 2.75) is 31.4 Å². The molecule has 2 atom stereocenters. The largest absolute Gasteiger partial charge is 0.367 e. The Kier molecular flexibility index (Phi) is 3.18. The van der Waals surface area contributed by atoms with Crippen LogP contribution < -0.4 is 0 Å². The second kappa shape index (κ2) is 4.82. The summed E-state index contributed by atoms with van der Waals surface area (Å²) in [7, 11) is 1.86. The van der Waals surface area contributed by atoms with E-state index in [1.807, 2.05) is 13.2 Å². The predicted molar refractivity (Wildman–Crippen MR) is 66.3 cm³/mol. The number of hydrogen-bond donors (Lipinski definition) is 0. The number of aromatic nitrogens is 2. The summed E-state index contributed by atoms with van der Waals surface area (Å²) in [6.45, 7) is 2.60. The van der Waals surface area contributed by atoms with Crippen molar-refractivity contribution in [1.82, 2.24) is 14.7 Å². The number of morpholine rings is 1. The Balaban J connectivity index is 1.59. The summed E-state index contributed by atoms with van der Waals surface area (Å²) >= 11 is 0. The minimum Gasteiger partial charge on any atom is -0.367 e. The Morgan fingerprint density at radius 2 is 2.50 bits per heavy atom. The van der Waals surface area contributed by atoms with E-state index in [9.17, 15) is 4.79 Å². The van der Waals surface area contributed by atoms with Crippen molar-refractivity contribution in [3.8, 4) is 0 Å². The van der Waals surface area contributed by atoms with E-state index in [1.165, 1.54) is 12.8 Å². The zero-order valence-electron chi connectivity index (χ0n) is 10.7. The van der Waals surface area contributed by atoms with Gasteiger partial charge >= 0.3 is 0 Å². The number of fused-ring (bicyclic) bond motifs is 1. The lowest BCUT2D eigenvalue weighted by Gasteiger charge is -2.34. The Hall–Kier alpha value is -1.20. The Morgan fingerprint density at radius 1 is 1.61 bits per heavy atom. The van der Waals surface area contributed by atoms with Gasteiger partial charge in [-0.05, 0) is 24.9 Å². The first-order valence-corrected chi connectivity index (χ1v) is 6.58. The summed E-state index contributed by atoms with van der Waals surface area (Å²) < 4.78 is 7.44. The SMILES string of the molecule is Cn1cc(CC(=O)C2CN3CCCC3CO2)cn1. The van der Waals surface area contributed by atoms with Gasteiger partial charge in [0.2, 0.25) is 0 Å². The fourth-order valence-electron chi connectivity index (χ4n) is 2.89. The molecule has 3 rings (SSSR count). The van der Waals surface area contributed by atoms with Crippen LogP contribution in [0.5, 0.6) is 0 Å². The van der Waals surface area contributed by atoms with Crippen molar-refractivity contribution in [1.29, 1.82) is 0 Å². The van der Waals surface area contributed by atoms with Gasteiger partial charge in [0.25, 0.3) is 0 Å². The third-order valence-corrected chi connectivity index (χ3v) is 3.89. The second-order valence-corrected chi connectivity index (χ2v) is 5.28. The number of ether oxygens (including phenoxy) is 1. The first-order chi connectivity index (χ1) is 8.72. The predicted octanol–water partition coefficient (Wildman–Crippen LogP) is 0.395. The molecule has 0 radical (unpaired) electrons. The number of ketones is 1. The van der Waals surface area contributed by atoms with Crippen LogP contribution in [0.15, 0.2) is 12.4 Å². The maximum atomic E-state index is 12.2. The lowest BCUT2D eigenvalue weighted by Crippen LogP contribution is -2.49. The van der Waals surface area contributed by atoms with Crippen molar-refractivity contribution < 1.29 is 9.53 Å². The number of aryl methyl sites for hydroxylation is 1. The molecule has 1 aromatic heterocycles. The molecule has 0 spiro atoms. The van der Waals surface area contributed by atoms with Crippen LogP contribution in [0.25, 0.3) is 0 Å². The molecule has 0 aromatic carbocycles. The molecule has 2 aliphatic heterocycles. The van der Waals surface area contributed by atoms with Crippen LogP contribution in [-0.4, -0.2) is 52.3 Å². The third-order valence-electron chi connectivity index (χ3n) is 3.89. The van der Waals surface area contributed by atoms with E-state index in [0.29, 0.717) is 19.1 Å². The van der Waals surface area contributed by atoms with Gasteiger partial charge in [0.1, 0.15) is 6.10 Å². The molecular formula is C13H19N3O2. The molecule has 0 amide bonds. The molecule has 5 nitrogen and oxygen atoms in total. The van der Waals surface area contributed by atoms with Crippen molar-refractivity contribution >= 4 is 5.78 Å². The highest BCUT2D eigenvalue weighted by Crippen LogP contribution is 2.23. The summed E-state index contributed by atoms with van der Waals surface area (Å²) in [5, 5.41) is 4.08. The highest BCUT2D eigenvalue weighted by molar-refractivity contribution is 5.85. The van der Waals surface area contributed by atoms with Gasteiger partial charge in [-0.2, -0.15) is 5.10 Å². The molecule has 2 unspecified atom stereocenters. The zero-order chi connectivity index (χ0) is 12.5. The molecule has 2 saturated heterocycles. The fourth-order valence-corrected chi connectivity index (χ4v) is 2.89. The molecule has 18 heavy (non-hydrogen) atoms. The van der Waals surface area contributed by atoms with E-state index in [0.717, 1.165) is 18.7 Å². The van der Waals surface area contributed by atoms with E-state index in [4.69, 9.17) is 4.74 Å². The summed E-state index contributed by atoms with van der Waals surface area (Å²) in [4.78, 5) is 14.6. The summed E-state index contributed by atoms with van der Waals surface area (Å²) in [5.74, 6) is 0.174. The molecule has 0 aliphatic carbocycles. The zero-order valence-corrected chi connectivity index (χ0v) is 10.7. The van der Waals surface area contributed by atoms with Gasteiger partial charge < -0.3 is 4.74 Å². The third kappa shape index (κ3) is 2.33. The molecule has 5 heteroatoms. The molecule has 2 aliphatic rings. The van der Waals surface area contributed by atoms with Crippen LogP contribution in [0.2, 0.25) is 0 Å². The summed E-state index contributed by atoms with van der Waals surface area (Å²) in [5.41, 5.74) is 0.967. The topological polar surface area (TPSA) is 47.4 Å². The van der Waals surface area contributed by atoms with Crippen molar-refractivity contribution in [2.24, 2.45) is 7.05 Å². The lowest BCUT2D eigenvalue weighted by atomic mass is 10.1. The standard InChI is InChI=1S/C13H19N3O2/c1-15-7-10(6-14-15)5-12(17)13-8-16-4-2-3-11(16)9-18-13/h6-7,11,13H,2-5,8-9H2,1H3. The van der Waals surface area contributed by atoms with Gasteiger partial charge in [-0.1, -0.05) is 0 Å². The van der Waals surface area contributed by atoms with Crippen LogP contribution >= 0.6 is 0 Å². The molecule has 0 bridgehead atoms. The van der Waals surface area contributed by atoms with Crippen LogP contribution in [0, 0.1) is 0 Å². The Labute approximate surface area is 107 Å². The first kappa shape index (κ1) is 11.9. The average molecular weight is 249 g/mol. The average Bonchev–Trinajstić information content (AvgIpc) is 2.96. The Morgan fingerprint density at radius 3 is 3.28 bits per heavy atom. The molecule has 0 N–H and O–H groups in total. The normalized spacial score (nSPS) is 28.3.